The number of anilines is 1. The van der Waals surface area contributed by atoms with Gasteiger partial charge in [-0.15, -0.1) is 0 Å². The fraction of sp³-hybridized carbons (Fsp3) is 0.0455. The van der Waals surface area contributed by atoms with E-state index in [4.69, 9.17) is 27.2 Å². The largest absolute Gasteiger partial charge is 0.489 e. The molecular weight excluding hydrogens is 390 g/mol. The van der Waals surface area contributed by atoms with Crippen molar-refractivity contribution in [2.45, 2.75) is 6.61 Å². The van der Waals surface area contributed by atoms with Crippen LogP contribution < -0.4 is 10.5 Å². The molecule has 0 bridgehead atoms. The highest BCUT2D eigenvalue weighted by molar-refractivity contribution is 6.31. The summed E-state index contributed by atoms with van der Waals surface area (Å²) in [6.45, 7) is 0.307. The molecule has 144 valence electrons. The summed E-state index contributed by atoms with van der Waals surface area (Å²) in [5.41, 5.74) is 9.19. The zero-order valence-corrected chi connectivity index (χ0v) is 15.9. The molecule has 0 aliphatic heterocycles. The van der Waals surface area contributed by atoms with Crippen LogP contribution in [0.1, 0.15) is 15.9 Å². The number of carboxylic acids is 1. The fourth-order valence-electron chi connectivity index (χ4n) is 2.98. The van der Waals surface area contributed by atoms with E-state index in [2.05, 4.69) is 9.97 Å². The van der Waals surface area contributed by atoms with Crippen LogP contribution in [0.25, 0.3) is 22.2 Å². The van der Waals surface area contributed by atoms with Gasteiger partial charge in [-0.05, 0) is 48.0 Å². The number of hydrogen-bond acceptors (Lipinski definition) is 5. The number of benzene rings is 3. The molecule has 0 unspecified atom stereocenters. The topological polar surface area (TPSA) is 98.3 Å². The van der Waals surface area contributed by atoms with Gasteiger partial charge in [-0.3, -0.25) is 0 Å². The molecule has 4 rings (SSSR count). The Morgan fingerprint density at radius 1 is 1.03 bits per heavy atom. The average Bonchev–Trinajstić information content (AvgIpc) is 2.72. The van der Waals surface area contributed by atoms with Crippen LogP contribution >= 0.6 is 11.6 Å². The summed E-state index contributed by atoms with van der Waals surface area (Å²) in [6.07, 6.45) is 0. The molecule has 3 N–H and O–H groups in total. The maximum Gasteiger partial charge on any atom is 0.335 e. The normalized spacial score (nSPS) is 10.8. The van der Waals surface area contributed by atoms with Gasteiger partial charge in [0.05, 0.1) is 16.8 Å². The number of fused-ring (bicyclic) bond motifs is 1. The average molecular weight is 406 g/mol. The van der Waals surface area contributed by atoms with Crippen LogP contribution in [0.2, 0.25) is 5.02 Å². The van der Waals surface area contributed by atoms with E-state index >= 15 is 0 Å². The summed E-state index contributed by atoms with van der Waals surface area (Å²) in [6, 6.07) is 19.4. The summed E-state index contributed by atoms with van der Waals surface area (Å²) < 4.78 is 5.87. The van der Waals surface area contributed by atoms with Crippen molar-refractivity contribution in [1.29, 1.82) is 0 Å². The molecule has 1 heterocycles. The number of hydrogen-bond donors (Lipinski definition) is 2. The fourth-order valence-corrected chi connectivity index (χ4v) is 3.15. The van der Waals surface area contributed by atoms with Gasteiger partial charge >= 0.3 is 5.97 Å². The maximum atomic E-state index is 10.9. The summed E-state index contributed by atoms with van der Waals surface area (Å²) >= 11 is 6.15. The molecule has 0 aliphatic rings. The van der Waals surface area contributed by atoms with Crippen LogP contribution in [-0.2, 0) is 6.61 Å². The molecule has 4 aromatic rings. The number of carboxylic acid groups (broad SMARTS) is 1. The first-order valence-electron chi connectivity index (χ1n) is 8.78. The Bertz CT molecular complexity index is 1210. The van der Waals surface area contributed by atoms with Crippen molar-refractivity contribution in [2.24, 2.45) is 0 Å². The molecule has 1 aromatic heterocycles. The molecule has 6 nitrogen and oxygen atoms in total. The number of halogens is 1. The van der Waals surface area contributed by atoms with Gasteiger partial charge in [0, 0.05) is 16.0 Å². The molecular formula is C22H16ClN3O3. The van der Waals surface area contributed by atoms with E-state index in [1.54, 1.807) is 36.4 Å². The van der Waals surface area contributed by atoms with Crippen molar-refractivity contribution >= 4 is 34.4 Å². The van der Waals surface area contributed by atoms with Crippen LogP contribution in [0.4, 0.5) is 5.95 Å². The third kappa shape index (κ3) is 4.12. The smallest absolute Gasteiger partial charge is 0.335 e. The quantitative estimate of drug-likeness (QED) is 0.494. The molecule has 0 radical (unpaired) electrons. The van der Waals surface area contributed by atoms with E-state index in [1.165, 1.54) is 0 Å². The monoisotopic (exact) mass is 405 g/mol. The molecule has 0 atom stereocenters. The van der Waals surface area contributed by atoms with Gasteiger partial charge in [0.25, 0.3) is 0 Å². The minimum atomic E-state index is -0.957. The van der Waals surface area contributed by atoms with Crippen LogP contribution in [0.15, 0.2) is 66.7 Å². The van der Waals surface area contributed by atoms with Gasteiger partial charge in [-0.1, -0.05) is 35.9 Å². The molecule has 0 saturated carbocycles. The second-order valence-electron chi connectivity index (χ2n) is 6.41. The van der Waals surface area contributed by atoms with Crippen molar-refractivity contribution in [1.82, 2.24) is 9.97 Å². The minimum Gasteiger partial charge on any atom is -0.489 e. The van der Waals surface area contributed by atoms with Gasteiger partial charge in [0.1, 0.15) is 12.4 Å². The lowest BCUT2D eigenvalue weighted by Gasteiger charge is -2.10. The summed E-state index contributed by atoms with van der Waals surface area (Å²) in [5.74, 6) is -0.126. The Labute approximate surface area is 171 Å². The van der Waals surface area contributed by atoms with E-state index in [9.17, 15) is 4.79 Å². The first-order chi connectivity index (χ1) is 14.0. The lowest BCUT2D eigenvalue weighted by molar-refractivity contribution is 0.0697. The van der Waals surface area contributed by atoms with Crippen molar-refractivity contribution in [3.8, 4) is 17.0 Å². The standard InChI is InChI=1S/C22H16ClN3O3/c23-16-8-9-19-18(11-16)20(26-22(24)25-19)15-2-1-3-17(10-15)29-12-13-4-6-14(7-5-13)21(27)28/h1-11H,12H2,(H,27,28)(H2,24,25,26). The first kappa shape index (κ1) is 18.7. The third-order valence-corrected chi connectivity index (χ3v) is 4.62. The highest BCUT2D eigenvalue weighted by atomic mass is 35.5. The van der Waals surface area contributed by atoms with E-state index < -0.39 is 5.97 Å². The zero-order valence-electron chi connectivity index (χ0n) is 15.2. The number of nitrogens with two attached hydrogens (primary N) is 1. The molecule has 7 heteroatoms. The number of carbonyl (C=O) groups is 1. The lowest BCUT2D eigenvalue weighted by atomic mass is 10.1. The lowest BCUT2D eigenvalue weighted by Crippen LogP contribution is -2.00. The number of aromatic carboxylic acids is 1. The van der Waals surface area contributed by atoms with E-state index in [1.807, 2.05) is 30.3 Å². The van der Waals surface area contributed by atoms with Crippen LogP contribution in [0.3, 0.4) is 0 Å². The van der Waals surface area contributed by atoms with Crippen LogP contribution in [-0.4, -0.2) is 21.0 Å². The molecule has 0 fully saturated rings. The number of aromatic nitrogens is 2. The molecule has 0 saturated heterocycles. The van der Waals surface area contributed by atoms with Gasteiger partial charge in [-0.2, -0.15) is 0 Å². The SMILES string of the molecule is Nc1nc(-c2cccc(OCc3ccc(C(=O)O)cc3)c2)c2cc(Cl)ccc2n1. The highest BCUT2D eigenvalue weighted by Gasteiger charge is 2.10. The zero-order chi connectivity index (χ0) is 20.4. The molecule has 0 spiro atoms. The summed E-state index contributed by atoms with van der Waals surface area (Å²) in [5, 5.41) is 10.4. The predicted molar refractivity (Wildman–Crippen MR) is 112 cm³/mol. The number of nitrogen functional groups attached to an aromatic ring is 1. The third-order valence-electron chi connectivity index (χ3n) is 4.39. The van der Waals surface area contributed by atoms with Crippen LogP contribution in [0.5, 0.6) is 5.75 Å². The second kappa shape index (κ2) is 7.77. The van der Waals surface area contributed by atoms with Crippen molar-refractivity contribution in [3.63, 3.8) is 0 Å². The summed E-state index contributed by atoms with van der Waals surface area (Å²) in [7, 11) is 0. The van der Waals surface area contributed by atoms with Crippen molar-refractivity contribution in [2.75, 3.05) is 5.73 Å². The van der Waals surface area contributed by atoms with E-state index in [0.29, 0.717) is 28.6 Å². The maximum absolute atomic E-state index is 10.9. The van der Waals surface area contributed by atoms with E-state index in [-0.39, 0.29) is 11.5 Å². The molecule has 0 aliphatic carbocycles. The Kier molecular flexibility index (Phi) is 5.01. The number of ether oxygens (including phenoxy) is 1. The van der Waals surface area contributed by atoms with Gasteiger partial charge in [-0.25, -0.2) is 14.8 Å². The minimum absolute atomic E-state index is 0.180. The second-order valence-corrected chi connectivity index (χ2v) is 6.85. The molecule has 3 aromatic carbocycles. The number of rotatable bonds is 5. The Balaban J connectivity index is 1.62. The Morgan fingerprint density at radius 3 is 2.59 bits per heavy atom. The van der Waals surface area contributed by atoms with Crippen molar-refractivity contribution in [3.05, 3.63) is 82.9 Å². The summed E-state index contributed by atoms with van der Waals surface area (Å²) in [4.78, 5) is 19.6. The van der Waals surface area contributed by atoms with Gasteiger partial charge in [0.2, 0.25) is 5.95 Å². The Morgan fingerprint density at radius 2 is 1.83 bits per heavy atom. The van der Waals surface area contributed by atoms with Crippen molar-refractivity contribution < 1.29 is 14.6 Å². The first-order valence-corrected chi connectivity index (χ1v) is 9.15. The Hall–Kier alpha value is -3.64. The molecule has 0 amide bonds. The predicted octanol–water partition coefficient (Wildman–Crippen LogP) is 4.81. The van der Waals surface area contributed by atoms with Gasteiger partial charge in [0.15, 0.2) is 0 Å². The highest BCUT2D eigenvalue weighted by Crippen LogP contribution is 2.31. The van der Waals surface area contributed by atoms with E-state index in [0.717, 1.165) is 16.5 Å². The van der Waals surface area contributed by atoms with Gasteiger partial charge < -0.3 is 15.6 Å². The number of nitrogens with zero attached hydrogens (tertiary/aromatic N) is 2. The van der Waals surface area contributed by atoms with Crippen LogP contribution in [0, 0.1) is 0 Å². The molecule has 29 heavy (non-hydrogen) atoms.